The third kappa shape index (κ3) is 4.68. The number of amides is 1. The first-order valence-electron chi connectivity index (χ1n) is 11.9. The smallest absolute Gasteiger partial charge is 0.257 e. The molecule has 1 fully saturated rings. The van der Waals surface area contributed by atoms with Crippen LogP contribution in [0.1, 0.15) is 40.4 Å². The summed E-state index contributed by atoms with van der Waals surface area (Å²) in [5.74, 6) is 1.21. The average molecular weight is 487 g/mol. The minimum Gasteiger partial charge on any atom is -0.495 e. The molecule has 8 N–H and O–H groups in total. The highest BCUT2D eigenvalue weighted by Crippen LogP contribution is 2.34. The maximum absolute atomic E-state index is 13.0. The van der Waals surface area contributed by atoms with Crippen molar-refractivity contribution in [2.75, 3.05) is 36.6 Å². The van der Waals surface area contributed by atoms with Crippen LogP contribution in [0, 0.1) is 0 Å². The number of piperidine rings is 1. The van der Waals surface area contributed by atoms with Crippen LogP contribution in [0.3, 0.4) is 0 Å². The highest BCUT2D eigenvalue weighted by molar-refractivity contribution is 6.13. The fourth-order valence-corrected chi connectivity index (χ4v) is 4.61. The van der Waals surface area contributed by atoms with Gasteiger partial charge in [-0.05, 0) is 49.7 Å². The maximum atomic E-state index is 13.0. The molecule has 1 amide bonds. The molecule has 10 nitrogen and oxygen atoms in total. The van der Waals surface area contributed by atoms with Crippen molar-refractivity contribution in [3.05, 3.63) is 71.7 Å². The van der Waals surface area contributed by atoms with E-state index < -0.39 is 6.04 Å². The van der Waals surface area contributed by atoms with Crippen LogP contribution < -0.4 is 32.2 Å². The van der Waals surface area contributed by atoms with Crippen molar-refractivity contribution >= 4 is 34.1 Å². The third-order valence-electron chi connectivity index (χ3n) is 6.57. The zero-order chi connectivity index (χ0) is 25.1. The van der Waals surface area contributed by atoms with Gasteiger partial charge in [-0.15, -0.1) is 0 Å². The second-order valence-corrected chi connectivity index (χ2v) is 8.83. The van der Waals surface area contributed by atoms with E-state index in [1.165, 1.54) is 6.33 Å². The second kappa shape index (κ2) is 10.2. The lowest BCUT2D eigenvalue weighted by Crippen LogP contribution is -2.36. The number of carbonyl (C=O) groups is 1. The molecule has 0 radical (unpaired) electrons. The standard InChI is InChI=1S/C26H30N8O2/c1-36-21-12-15(6-7-20(21)34-26(35)18-13-30-19-5-3-2-4-17(18)19)23(27)22-24(28)31-14-32-25(22)33-16-8-10-29-11-9-16/h2-7,12-14,16,23,29-30H,8-11,27H2,1H3,(H,34,35)(H3,28,31,32,33). The number of methoxy groups -OCH3 is 1. The summed E-state index contributed by atoms with van der Waals surface area (Å²) in [6.45, 7) is 1.89. The molecule has 4 aromatic rings. The summed E-state index contributed by atoms with van der Waals surface area (Å²) in [6.07, 6.45) is 5.11. The van der Waals surface area contributed by atoms with Crippen molar-refractivity contribution in [2.24, 2.45) is 5.73 Å². The lowest BCUT2D eigenvalue weighted by molar-refractivity contribution is 0.102. The zero-order valence-corrected chi connectivity index (χ0v) is 20.0. The number of nitrogens with two attached hydrogens (primary N) is 2. The van der Waals surface area contributed by atoms with Gasteiger partial charge in [-0.3, -0.25) is 4.79 Å². The van der Waals surface area contributed by atoms with Gasteiger partial charge in [0.25, 0.3) is 5.91 Å². The van der Waals surface area contributed by atoms with Gasteiger partial charge in [-0.1, -0.05) is 24.3 Å². The molecule has 10 heteroatoms. The van der Waals surface area contributed by atoms with Crippen LogP contribution in [0.25, 0.3) is 10.9 Å². The SMILES string of the molecule is COc1cc(C(N)c2c(N)ncnc2NC2CCNCC2)ccc1NC(=O)c1c[nH]c2ccccc12. The molecule has 1 atom stereocenters. The first kappa shape index (κ1) is 23.6. The minimum atomic E-state index is -0.595. The van der Waals surface area contributed by atoms with Crippen molar-refractivity contribution in [3.8, 4) is 5.75 Å². The number of ether oxygens (including phenoxy) is 1. The zero-order valence-electron chi connectivity index (χ0n) is 20.0. The number of hydrogen-bond donors (Lipinski definition) is 6. The Labute approximate surface area is 208 Å². The molecule has 2 aromatic carbocycles. The van der Waals surface area contributed by atoms with E-state index in [2.05, 4.69) is 30.9 Å². The van der Waals surface area contributed by atoms with Gasteiger partial charge in [0.15, 0.2) is 0 Å². The van der Waals surface area contributed by atoms with E-state index >= 15 is 0 Å². The number of anilines is 3. The van der Waals surface area contributed by atoms with E-state index in [9.17, 15) is 4.79 Å². The number of H-pyrrole nitrogens is 1. The Kier molecular flexibility index (Phi) is 6.70. The Morgan fingerprint density at radius 1 is 1.17 bits per heavy atom. The molecule has 186 valence electrons. The van der Waals surface area contributed by atoms with E-state index in [-0.39, 0.29) is 11.9 Å². The van der Waals surface area contributed by atoms with Crippen molar-refractivity contribution in [1.82, 2.24) is 20.3 Å². The van der Waals surface area contributed by atoms with E-state index in [0.29, 0.717) is 34.2 Å². The maximum Gasteiger partial charge on any atom is 0.257 e. The topological polar surface area (TPSA) is 156 Å². The fourth-order valence-electron chi connectivity index (χ4n) is 4.61. The molecule has 0 bridgehead atoms. The van der Waals surface area contributed by atoms with Gasteiger partial charge in [0, 0.05) is 23.1 Å². The average Bonchev–Trinajstić information content (AvgIpc) is 3.34. The summed E-state index contributed by atoms with van der Waals surface area (Å²) in [5, 5.41) is 10.6. The van der Waals surface area contributed by atoms with Crippen molar-refractivity contribution in [2.45, 2.75) is 24.9 Å². The van der Waals surface area contributed by atoms with Crippen molar-refractivity contribution in [3.63, 3.8) is 0 Å². The Balaban J connectivity index is 1.40. The number of nitrogens with one attached hydrogen (secondary N) is 4. The van der Waals surface area contributed by atoms with Crippen LogP contribution in [0.4, 0.5) is 17.3 Å². The van der Waals surface area contributed by atoms with Gasteiger partial charge in [-0.2, -0.15) is 0 Å². The summed E-state index contributed by atoms with van der Waals surface area (Å²) in [6, 6.07) is 12.8. The number of carbonyl (C=O) groups excluding carboxylic acids is 1. The second-order valence-electron chi connectivity index (χ2n) is 8.83. The van der Waals surface area contributed by atoms with Gasteiger partial charge in [0.1, 0.15) is 23.7 Å². The molecular weight excluding hydrogens is 456 g/mol. The third-order valence-corrected chi connectivity index (χ3v) is 6.57. The lowest BCUT2D eigenvalue weighted by atomic mass is 9.98. The summed E-state index contributed by atoms with van der Waals surface area (Å²) in [4.78, 5) is 24.8. The number of benzene rings is 2. The molecule has 2 aromatic heterocycles. The predicted molar refractivity (Wildman–Crippen MR) is 141 cm³/mol. The number of nitrogens with zero attached hydrogens (tertiary/aromatic N) is 2. The normalized spacial score (nSPS) is 14.9. The predicted octanol–water partition coefficient (Wildman–Crippen LogP) is 3.01. The number of fused-ring (bicyclic) bond motifs is 1. The molecule has 0 aliphatic carbocycles. The van der Waals surface area contributed by atoms with Crippen LogP contribution in [-0.4, -0.2) is 47.1 Å². The molecule has 5 rings (SSSR count). The number of nitrogen functional groups attached to an aromatic ring is 1. The van der Waals surface area contributed by atoms with E-state index in [0.717, 1.165) is 42.4 Å². The molecule has 1 aliphatic heterocycles. The van der Waals surface area contributed by atoms with Crippen molar-refractivity contribution < 1.29 is 9.53 Å². The highest BCUT2D eigenvalue weighted by atomic mass is 16.5. The van der Waals surface area contributed by atoms with E-state index in [1.807, 2.05) is 30.3 Å². The first-order chi connectivity index (χ1) is 17.5. The highest BCUT2D eigenvalue weighted by Gasteiger charge is 2.23. The number of aromatic amines is 1. The van der Waals surface area contributed by atoms with Crippen LogP contribution in [-0.2, 0) is 0 Å². The lowest BCUT2D eigenvalue weighted by Gasteiger charge is -2.26. The molecule has 36 heavy (non-hydrogen) atoms. The number of rotatable bonds is 7. The van der Waals surface area contributed by atoms with E-state index in [1.54, 1.807) is 25.4 Å². The van der Waals surface area contributed by atoms with Gasteiger partial charge >= 0.3 is 0 Å². The fraction of sp³-hybridized carbons (Fsp3) is 0.269. The van der Waals surface area contributed by atoms with Gasteiger partial charge in [0.2, 0.25) is 0 Å². The molecular formula is C26H30N8O2. The van der Waals surface area contributed by atoms with Crippen LogP contribution in [0.15, 0.2) is 55.0 Å². The van der Waals surface area contributed by atoms with Gasteiger partial charge < -0.3 is 37.1 Å². The summed E-state index contributed by atoms with van der Waals surface area (Å²) in [5.41, 5.74) is 16.3. The number of hydrogen-bond acceptors (Lipinski definition) is 8. The number of para-hydroxylation sites is 1. The Hall–Kier alpha value is -4.15. The van der Waals surface area contributed by atoms with Crippen molar-refractivity contribution in [1.29, 1.82) is 0 Å². The molecule has 1 saturated heterocycles. The molecule has 0 spiro atoms. The summed E-state index contributed by atoms with van der Waals surface area (Å²) in [7, 11) is 1.55. The van der Waals surface area contributed by atoms with Crippen LogP contribution in [0.2, 0.25) is 0 Å². The molecule has 3 heterocycles. The Morgan fingerprint density at radius 3 is 2.78 bits per heavy atom. The minimum absolute atomic E-state index is 0.239. The van der Waals surface area contributed by atoms with Gasteiger partial charge in [0.05, 0.1) is 30.0 Å². The van der Waals surface area contributed by atoms with E-state index in [4.69, 9.17) is 16.2 Å². The largest absolute Gasteiger partial charge is 0.495 e. The van der Waals surface area contributed by atoms with Gasteiger partial charge in [-0.25, -0.2) is 9.97 Å². The van der Waals surface area contributed by atoms with Crippen LogP contribution >= 0.6 is 0 Å². The molecule has 0 saturated carbocycles. The first-order valence-corrected chi connectivity index (χ1v) is 11.9. The Bertz CT molecular complexity index is 1380. The summed E-state index contributed by atoms with van der Waals surface area (Å²) < 4.78 is 5.60. The van der Waals surface area contributed by atoms with Crippen LogP contribution in [0.5, 0.6) is 5.75 Å². The molecule has 1 aliphatic rings. The monoisotopic (exact) mass is 486 g/mol. The quantitative estimate of drug-likeness (QED) is 0.233. The summed E-state index contributed by atoms with van der Waals surface area (Å²) >= 11 is 0. The number of aromatic nitrogens is 3. The molecule has 1 unspecified atom stereocenters. The Morgan fingerprint density at radius 2 is 1.97 bits per heavy atom.